The molecule has 2 N–H and O–H groups in total. The molecule has 2 aromatic rings. The van der Waals surface area contributed by atoms with E-state index < -0.39 is 0 Å². The van der Waals surface area contributed by atoms with Crippen molar-refractivity contribution in [1.29, 1.82) is 0 Å². The van der Waals surface area contributed by atoms with E-state index in [1.54, 1.807) is 18.2 Å². The van der Waals surface area contributed by atoms with Crippen LogP contribution in [0.2, 0.25) is 0 Å². The van der Waals surface area contributed by atoms with E-state index in [2.05, 4.69) is 41.4 Å². The van der Waals surface area contributed by atoms with Crippen molar-refractivity contribution >= 4 is 11.6 Å². The summed E-state index contributed by atoms with van der Waals surface area (Å²) in [6.45, 7) is 6.73. The Morgan fingerprint density at radius 1 is 1.16 bits per heavy atom. The number of hydrogen-bond donors (Lipinski definition) is 2. The molecule has 4 heteroatoms. The van der Waals surface area contributed by atoms with E-state index in [9.17, 15) is 9.90 Å². The van der Waals surface area contributed by atoms with E-state index >= 15 is 0 Å². The lowest BCUT2D eigenvalue weighted by Crippen LogP contribution is -2.44. The Hall–Kier alpha value is -2.33. The fraction of sp³-hybridized carbons (Fsp3) is 0.381. The number of likely N-dealkylation sites (tertiary alicyclic amines) is 1. The highest BCUT2D eigenvalue weighted by molar-refractivity contribution is 5.95. The number of hydrogen-bond acceptors (Lipinski definition) is 3. The summed E-state index contributed by atoms with van der Waals surface area (Å²) in [6.07, 6.45) is 1.70. The van der Waals surface area contributed by atoms with Crippen LogP contribution in [-0.4, -0.2) is 29.0 Å². The third-order valence-corrected chi connectivity index (χ3v) is 5.21. The molecular formula is C21H26N2O2. The molecule has 1 heterocycles. The zero-order chi connectivity index (χ0) is 17.9. The fourth-order valence-electron chi connectivity index (χ4n) is 3.33. The molecule has 0 aliphatic carbocycles. The number of benzene rings is 2. The third-order valence-electron chi connectivity index (χ3n) is 5.21. The van der Waals surface area contributed by atoms with Gasteiger partial charge in [0.05, 0.1) is 0 Å². The molecule has 132 valence electrons. The van der Waals surface area contributed by atoms with Gasteiger partial charge in [-0.3, -0.25) is 9.69 Å². The van der Waals surface area contributed by atoms with Crippen molar-refractivity contribution in [3.63, 3.8) is 0 Å². The standard InChI is InChI=1S/C21H26N2O2/c1-16-14-18(24)8-9-19(16)22-20(25)21(2)10-12-23(13-11-21)15-17-6-4-3-5-7-17/h3-9,14,24H,10-13,15H2,1-2H3,(H,22,25). The minimum absolute atomic E-state index is 0.0700. The van der Waals surface area contributed by atoms with Crippen molar-refractivity contribution in [3.05, 3.63) is 59.7 Å². The van der Waals surface area contributed by atoms with Crippen LogP contribution in [0.15, 0.2) is 48.5 Å². The molecule has 1 fully saturated rings. The minimum atomic E-state index is -0.350. The maximum Gasteiger partial charge on any atom is 0.230 e. The monoisotopic (exact) mass is 338 g/mol. The van der Waals surface area contributed by atoms with Crippen molar-refractivity contribution in [2.45, 2.75) is 33.2 Å². The second-order valence-electron chi connectivity index (χ2n) is 7.28. The quantitative estimate of drug-likeness (QED) is 0.830. The molecule has 0 unspecified atom stereocenters. The first kappa shape index (κ1) is 17.5. The van der Waals surface area contributed by atoms with E-state index in [0.29, 0.717) is 0 Å². The van der Waals surface area contributed by atoms with E-state index in [1.807, 2.05) is 13.0 Å². The number of phenolic OH excluding ortho intramolecular Hbond substituents is 1. The Morgan fingerprint density at radius 3 is 2.48 bits per heavy atom. The molecule has 1 aliphatic rings. The molecule has 0 bridgehead atoms. The van der Waals surface area contributed by atoms with Gasteiger partial charge >= 0.3 is 0 Å². The van der Waals surface area contributed by atoms with Crippen LogP contribution in [0.1, 0.15) is 30.9 Å². The Bertz CT molecular complexity index is 735. The van der Waals surface area contributed by atoms with Gasteiger partial charge in [0.1, 0.15) is 5.75 Å². The SMILES string of the molecule is Cc1cc(O)ccc1NC(=O)C1(C)CCN(Cc2ccccc2)CC1. The number of carbonyl (C=O) groups excluding carboxylic acids is 1. The lowest BCUT2D eigenvalue weighted by Gasteiger charge is -2.38. The molecule has 4 nitrogen and oxygen atoms in total. The first-order chi connectivity index (χ1) is 12.0. The van der Waals surface area contributed by atoms with E-state index in [0.717, 1.165) is 43.7 Å². The Morgan fingerprint density at radius 2 is 1.84 bits per heavy atom. The summed E-state index contributed by atoms with van der Waals surface area (Å²) >= 11 is 0. The number of piperidine rings is 1. The molecule has 1 aliphatic heterocycles. The summed E-state index contributed by atoms with van der Waals surface area (Å²) in [5, 5.41) is 12.5. The van der Waals surface area contributed by atoms with Gasteiger partial charge in [0.15, 0.2) is 0 Å². The number of aryl methyl sites for hydroxylation is 1. The summed E-state index contributed by atoms with van der Waals surface area (Å²) < 4.78 is 0. The van der Waals surface area contributed by atoms with Crippen LogP contribution in [0.3, 0.4) is 0 Å². The van der Waals surface area contributed by atoms with Crippen molar-refractivity contribution < 1.29 is 9.90 Å². The number of carbonyl (C=O) groups is 1. The van der Waals surface area contributed by atoms with Crippen LogP contribution < -0.4 is 5.32 Å². The minimum Gasteiger partial charge on any atom is -0.508 e. The number of nitrogens with one attached hydrogen (secondary N) is 1. The van der Waals surface area contributed by atoms with Gasteiger partial charge in [-0.05, 0) is 62.2 Å². The van der Waals surface area contributed by atoms with E-state index in [4.69, 9.17) is 0 Å². The largest absolute Gasteiger partial charge is 0.508 e. The second-order valence-corrected chi connectivity index (χ2v) is 7.28. The smallest absolute Gasteiger partial charge is 0.230 e. The van der Waals surface area contributed by atoms with Gasteiger partial charge in [-0.25, -0.2) is 0 Å². The van der Waals surface area contributed by atoms with Crippen LogP contribution in [0.4, 0.5) is 5.69 Å². The number of rotatable bonds is 4. The zero-order valence-electron chi connectivity index (χ0n) is 15.0. The van der Waals surface area contributed by atoms with Crippen LogP contribution in [0.5, 0.6) is 5.75 Å². The topological polar surface area (TPSA) is 52.6 Å². The molecular weight excluding hydrogens is 312 g/mol. The first-order valence-corrected chi connectivity index (χ1v) is 8.84. The van der Waals surface area contributed by atoms with Crippen molar-refractivity contribution in [3.8, 4) is 5.75 Å². The fourth-order valence-corrected chi connectivity index (χ4v) is 3.33. The average Bonchev–Trinajstić information content (AvgIpc) is 2.60. The highest BCUT2D eigenvalue weighted by Gasteiger charge is 2.37. The summed E-state index contributed by atoms with van der Waals surface area (Å²) in [5.41, 5.74) is 2.61. The van der Waals surface area contributed by atoms with E-state index in [1.165, 1.54) is 5.56 Å². The predicted octanol–water partition coefficient (Wildman–Crippen LogP) is 3.94. The molecule has 25 heavy (non-hydrogen) atoms. The second kappa shape index (κ2) is 7.28. The van der Waals surface area contributed by atoms with Gasteiger partial charge in [-0.2, -0.15) is 0 Å². The number of amides is 1. The summed E-state index contributed by atoms with van der Waals surface area (Å²) in [4.78, 5) is 15.2. The average molecular weight is 338 g/mol. The highest BCUT2D eigenvalue weighted by atomic mass is 16.3. The Kier molecular flexibility index (Phi) is 5.09. The van der Waals surface area contributed by atoms with Gasteiger partial charge in [0.25, 0.3) is 0 Å². The van der Waals surface area contributed by atoms with Gasteiger partial charge in [-0.15, -0.1) is 0 Å². The summed E-state index contributed by atoms with van der Waals surface area (Å²) in [5.74, 6) is 0.289. The summed E-state index contributed by atoms with van der Waals surface area (Å²) in [6, 6.07) is 15.5. The molecule has 2 aromatic carbocycles. The van der Waals surface area contributed by atoms with Gasteiger partial charge < -0.3 is 10.4 Å². The van der Waals surface area contributed by atoms with Crippen LogP contribution >= 0.6 is 0 Å². The lowest BCUT2D eigenvalue weighted by atomic mass is 9.79. The van der Waals surface area contributed by atoms with Crippen molar-refractivity contribution in [2.24, 2.45) is 5.41 Å². The third kappa shape index (κ3) is 4.20. The highest BCUT2D eigenvalue weighted by Crippen LogP contribution is 2.33. The Balaban J connectivity index is 1.58. The summed E-state index contributed by atoms with van der Waals surface area (Å²) in [7, 11) is 0. The lowest BCUT2D eigenvalue weighted by molar-refractivity contribution is -0.127. The number of phenols is 1. The maximum absolute atomic E-state index is 12.8. The molecule has 0 radical (unpaired) electrons. The van der Waals surface area contributed by atoms with Crippen LogP contribution in [0, 0.1) is 12.3 Å². The van der Waals surface area contributed by atoms with E-state index in [-0.39, 0.29) is 17.1 Å². The van der Waals surface area contributed by atoms with Gasteiger partial charge in [0, 0.05) is 17.6 Å². The first-order valence-electron chi connectivity index (χ1n) is 8.84. The van der Waals surface area contributed by atoms with Crippen molar-refractivity contribution in [2.75, 3.05) is 18.4 Å². The molecule has 0 spiro atoms. The maximum atomic E-state index is 12.8. The van der Waals surface area contributed by atoms with Gasteiger partial charge in [0.2, 0.25) is 5.91 Å². The molecule has 0 saturated carbocycles. The Labute approximate surface area is 149 Å². The van der Waals surface area contributed by atoms with Crippen molar-refractivity contribution in [1.82, 2.24) is 4.90 Å². The number of aromatic hydroxyl groups is 1. The van der Waals surface area contributed by atoms with Crippen LogP contribution in [0.25, 0.3) is 0 Å². The molecule has 3 rings (SSSR count). The molecule has 1 amide bonds. The molecule has 0 aromatic heterocycles. The predicted molar refractivity (Wildman–Crippen MR) is 101 cm³/mol. The zero-order valence-corrected chi connectivity index (χ0v) is 15.0. The molecule has 1 saturated heterocycles. The molecule has 0 atom stereocenters. The number of anilines is 1. The van der Waals surface area contributed by atoms with Gasteiger partial charge in [-0.1, -0.05) is 37.3 Å². The van der Waals surface area contributed by atoms with Crippen LogP contribution in [-0.2, 0) is 11.3 Å². The normalized spacial score (nSPS) is 17.2. The number of nitrogens with zero attached hydrogens (tertiary/aromatic N) is 1.